The molecule has 0 radical (unpaired) electrons. The molecule has 1 fully saturated rings. The zero-order valence-corrected chi connectivity index (χ0v) is 10.7. The molecule has 2 rings (SSSR count). The molecule has 9 heteroatoms. The number of amides is 1. The minimum Gasteiger partial charge on any atom is -0.340 e. The number of hydrogen-bond acceptors (Lipinski definition) is 4. The highest BCUT2D eigenvalue weighted by atomic mass is 32.1. The van der Waals surface area contributed by atoms with Crippen molar-refractivity contribution in [3.8, 4) is 0 Å². The van der Waals surface area contributed by atoms with E-state index in [0.717, 1.165) is 20.9 Å². The number of halogens is 3. The number of carbonyl (C=O) groups excluding carboxylic acids is 1. The quantitative estimate of drug-likeness (QED) is 0.821. The Balaban J connectivity index is 2.00. The second-order valence-corrected chi connectivity index (χ2v) is 5.18. The molecular weight excluding hydrogens is 283 g/mol. The monoisotopic (exact) mass is 295 g/mol. The molecule has 1 aromatic rings. The second-order valence-electron chi connectivity index (χ2n) is 4.38. The molecule has 0 N–H and O–H groups in total. The molecule has 0 spiro atoms. The van der Waals surface area contributed by atoms with Crippen LogP contribution in [0.15, 0.2) is 10.3 Å². The molecular formula is C10H12F3N3O2S. The van der Waals surface area contributed by atoms with E-state index in [1.54, 1.807) is 0 Å². The van der Waals surface area contributed by atoms with Gasteiger partial charge in [-0.25, -0.2) is 4.68 Å². The van der Waals surface area contributed by atoms with Gasteiger partial charge in [0.1, 0.15) is 12.1 Å². The lowest BCUT2D eigenvalue weighted by Crippen LogP contribution is -2.46. The lowest BCUT2D eigenvalue weighted by Gasteiger charge is -2.33. The summed E-state index contributed by atoms with van der Waals surface area (Å²) in [4.78, 5) is 23.9. The van der Waals surface area contributed by atoms with Gasteiger partial charge in [0.25, 0.3) is 0 Å². The van der Waals surface area contributed by atoms with Crippen LogP contribution < -0.4 is 4.87 Å². The van der Waals surface area contributed by atoms with Crippen molar-refractivity contribution in [1.29, 1.82) is 0 Å². The molecule has 1 atom stereocenters. The van der Waals surface area contributed by atoms with Gasteiger partial charge in [0, 0.05) is 13.1 Å². The summed E-state index contributed by atoms with van der Waals surface area (Å²) in [6.07, 6.45) is -3.91. The summed E-state index contributed by atoms with van der Waals surface area (Å²) in [5, 5.41) is 3.67. The van der Waals surface area contributed by atoms with Gasteiger partial charge >= 0.3 is 11.0 Å². The topological polar surface area (TPSA) is 55.2 Å². The van der Waals surface area contributed by atoms with E-state index in [1.165, 1.54) is 5.51 Å². The number of alkyl halides is 3. The molecule has 106 valence electrons. The van der Waals surface area contributed by atoms with Gasteiger partial charge in [0.15, 0.2) is 0 Å². The minimum atomic E-state index is -4.28. The average molecular weight is 295 g/mol. The second kappa shape index (κ2) is 5.32. The van der Waals surface area contributed by atoms with Crippen molar-refractivity contribution in [1.82, 2.24) is 14.7 Å². The third kappa shape index (κ3) is 3.34. The van der Waals surface area contributed by atoms with Crippen LogP contribution in [0, 0.1) is 5.92 Å². The molecule has 1 amide bonds. The van der Waals surface area contributed by atoms with Gasteiger partial charge in [-0.1, -0.05) is 11.3 Å². The standard InChI is InChI=1S/C10H12F3N3O2S/c11-10(12,13)7-2-1-3-15(4-7)8(17)5-16-9(18)19-6-14-16/h6-7H,1-5H2/t7-/m0/s1. The first-order valence-electron chi connectivity index (χ1n) is 5.73. The maximum Gasteiger partial charge on any atom is 0.393 e. The molecule has 0 saturated carbocycles. The van der Waals surface area contributed by atoms with Crippen LogP contribution in [-0.4, -0.2) is 39.9 Å². The van der Waals surface area contributed by atoms with Crippen LogP contribution in [0.4, 0.5) is 13.2 Å². The SMILES string of the molecule is O=C(Cn1ncsc1=O)N1CCC[C@H](C(F)(F)F)C1. The Kier molecular flexibility index (Phi) is 3.93. The number of nitrogens with zero attached hydrogens (tertiary/aromatic N) is 3. The summed E-state index contributed by atoms with van der Waals surface area (Å²) in [5.74, 6) is -1.97. The normalized spacial score (nSPS) is 20.6. The molecule has 1 aliphatic rings. The fourth-order valence-electron chi connectivity index (χ4n) is 2.04. The van der Waals surface area contributed by atoms with Gasteiger partial charge in [-0.2, -0.15) is 18.3 Å². The Morgan fingerprint density at radius 1 is 1.53 bits per heavy atom. The molecule has 0 unspecified atom stereocenters. The van der Waals surface area contributed by atoms with Crippen LogP contribution in [0.25, 0.3) is 0 Å². The van der Waals surface area contributed by atoms with Crippen molar-refractivity contribution in [2.24, 2.45) is 5.92 Å². The summed E-state index contributed by atoms with van der Waals surface area (Å²) in [5.41, 5.74) is 1.30. The predicted octanol–water partition coefficient (Wildman–Crippen LogP) is 1.11. The summed E-state index contributed by atoms with van der Waals surface area (Å²) >= 11 is 0.843. The molecule has 1 saturated heterocycles. The maximum atomic E-state index is 12.6. The lowest BCUT2D eigenvalue weighted by atomic mass is 9.97. The Morgan fingerprint density at radius 3 is 2.84 bits per heavy atom. The molecule has 19 heavy (non-hydrogen) atoms. The van der Waals surface area contributed by atoms with Crippen LogP contribution >= 0.6 is 11.3 Å². The van der Waals surface area contributed by atoms with Crippen LogP contribution in [0.1, 0.15) is 12.8 Å². The molecule has 1 aromatic heterocycles. The zero-order valence-electron chi connectivity index (χ0n) is 9.89. The number of aromatic nitrogens is 2. The van der Waals surface area contributed by atoms with E-state index in [1.807, 2.05) is 0 Å². The Bertz CT molecular complexity index is 511. The van der Waals surface area contributed by atoms with Gasteiger partial charge < -0.3 is 4.90 Å². The lowest BCUT2D eigenvalue weighted by molar-refractivity contribution is -0.188. The Morgan fingerprint density at radius 2 is 2.26 bits per heavy atom. The van der Waals surface area contributed by atoms with E-state index in [4.69, 9.17) is 0 Å². The molecule has 0 aliphatic carbocycles. The van der Waals surface area contributed by atoms with E-state index in [9.17, 15) is 22.8 Å². The molecule has 2 heterocycles. The van der Waals surface area contributed by atoms with Crippen molar-refractivity contribution in [3.05, 3.63) is 15.2 Å². The van der Waals surface area contributed by atoms with Gasteiger partial charge in [-0.3, -0.25) is 9.59 Å². The van der Waals surface area contributed by atoms with Crippen LogP contribution in [0.2, 0.25) is 0 Å². The summed E-state index contributed by atoms with van der Waals surface area (Å²) < 4.78 is 38.8. The minimum absolute atomic E-state index is 0.0456. The van der Waals surface area contributed by atoms with E-state index in [2.05, 4.69) is 5.10 Å². The molecule has 0 aromatic carbocycles. The van der Waals surface area contributed by atoms with Crippen molar-refractivity contribution in [2.45, 2.75) is 25.6 Å². The van der Waals surface area contributed by atoms with Crippen molar-refractivity contribution in [2.75, 3.05) is 13.1 Å². The van der Waals surface area contributed by atoms with Crippen molar-refractivity contribution >= 4 is 17.2 Å². The first kappa shape index (κ1) is 14.0. The predicted molar refractivity (Wildman–Crippen MR) is 61.7 cm³/mol. The first-order chi connectivity index (χ1) is 8.88. The first-order valence-corrected chi connectivity index (χ1v) is 6.61. The van der Waals surface area contributed by atoms with Crippen LogP contribution in [-0.2, 0) is 11.3 Å². The van der Waals surface area contributed by atoms with Crippen LogP contribution in [0.3, 0.4) is 0 Å². The number of rotatable bonds is 2. The zero-order chi connectivity index (χ0) is 14.0. The van der Waals surface area contributed by atoms with Crippen molar-refractivity contribution in [3.63, 3.8) is 0 Å². The third-order valence-electron chi connectivity index (χ3n) is 3.07. The van der Waals surface area contributed by atoms with Gasteiger partial charge in [-0.05, 0) is 12.8 Å². The Hall–Kier alpha value is -1.38. The van der Waals surface area contributed by atoms with E-state index >= 15 is 0 Å². The number of carbonyl (C=O) groups is 1. The van der Waals surface area contributed by atoms with E-state index in [0.29, 0.717) is 13.0 Å². The molecule has 0 bridgehead atoms. The number of piperidine rings is 1. The molecule has 1 aliphatic heterocycles. The Labute approximate surface area is 110 Å². The van der Waals surface area contributed by atoms with E-state index < -0.39 is 22.9 Å². The highest BCUT2D eigenvalue weighted by Crippen LogP contribution is 2.33. The molecule has 5 nitrogen and oxygen atoms in total. The third-order valence-corrected chi connectivity index (χ3v) is 3.68. The van der Waals surface area contributed by atoms with Crippen molar-refractivity contribution < 1.29 is 18.0 Å². The smallest absolute Gasteiger partial charge is 0.340 e. The maximum absolute atomic E-state index is 12.6. The summed E-state index contributed by atoms with van der Waals surface area (Å²) in [6, 6.07) is 0. The number of likely N-dealkylation sites (tertiary alicyclic amines) is 1. The largest absolute Gasteiger partial charge is 0.393 e. The highest BCUT2D eigenvalue weighted by molar-refractivity contribution is 7.06. The summed E-state index contributed by atoms with van der Waals surface area (Å²) in [7, 11) is 0. The average Bonchev–Trinajstić information content (AvgIpc) is 2.74. The highest BCUT2D eigenvalue weighted by Gasteiger charge is 2.42. The summed E-state index contributed by atoms with van der Waals surface area (Å²) in [6.45, 7) is -0.335. The van der Waals surface area contributed by atoms with Crippen LogP contribution in [0.5, 0.6) is 0 Å². The van der Waals surface area contributed by atoms with Gasteiger partial charge in [0.2, 0.25) is 5.91 Å². The number of hydrogen-bond donors (Lipinski definition) is 0. The fourth-order valence-corrected chi connectivity index (χ4v) is 2.52. The fraction of sp³-hybridized carbons (Fsp3) is 0.700. The van der Waals surface area contributed by atoms with Gasteiger partial charge in [-0.15, -0.1) is 0 Å². The van der Waals surface area contributed by atoms with E-state index in [-0.39, 0.29) is 19.5 Å². The van der Waals surface area contributed by atoms with Gasteiger partial charge in [0.05, 0.1) is 5.92 Å².